The summed E-state index contributed by atoms with van der Waals surface area (Å²) in [7, 11) is -2.45. The molecule has 2 aliphatic rings. The van der Waals surface area contributed by atoms with Crippen LogP contribution in [0.25, 0.3) is 0 Å². The lowest BCUT2D eigenvalue weighted by Gasteiger charge is -2.23. The highest BCUT2D eigenvalue weighted by Crippen LogP contribution is 2.39. The van der Waals surface area contributed by atoms with E-state index in [2.05, 4.69) is 5.32 Å². The highest BCUT2D eigenvalue weighted by atomic mass is 32.2. The number of nitrogens with one attached hydrogen (secondary N) is 1. The van der Waals surface area contributed by atoms with Crippen LogP contribution in [0, 0.1) is 5.92 Å². The van der Waals surface area contributed by atoms with E-state index in [1.54, 1.807) is 12.1 Å². The van der Waals surface area contributed by atoms with Gasteiger partial charge >= 0.3 is 0 Å². The van der Waals surface area contributed by atoms with Crippen molar-refractivity contribution < 1.29 is 18.0 Å². The molecular weight excluding hydrogens is 426 g/mol. The number of para-hydroxylation sites is 1. The van der Waals surface area contributed by atoms with E-state index >= 15 is 0 Å². The quantitative estimate of drug-likeness (QED) is 0.695. The maximum absolute atomic E-state index is 13.1. The molecule has 1 N–H and O–H groups in total. The Kier molecular flexibility index (Phi) is 6.09. The average Bonchev–Trinajstić information content (AvgIpc) is 3.55. The first kappa shape index (κ1) is 22.5. The smallest absolute Gasteiger partial charge is 0.243 e. The minimum Gasteiger partial charge on any atom is -0.325 e. The molecule has 0 radical (unpaired) electrons. The second-order valence-corrected chi connectivity index (χ2v) is 10.7. The summed E-state index contributed by atoms with van der Waals surface area (Å²) in [5, 5.41) is 2.81. The molecule has 4 rings (SSSR count). The van der Waals surface area contributed by atoms with Crippen LogP contribution in [0.4, 0.5) is 11.4 Å². The second-order valence-electron chi connectivity index (χ2n) is 8.65. The number of fused-ring (bicyclic) bond motifs is 1. The second kappa shape index (κ2) is 8.67. The number of anilines is 2. The first-order valence-electron chi connectivity index (χ1n) is 11.0. The van der Waals surface area contributed by atoms with Gasteiger partial charge in [0.1, 0.15) is 0 Å². The van der Waals surface area contributed by atoms with Crippen molar-refractivity contribution in [1.29, 1.82) is 0 Å². The molecule has 0 unspecified atom stereocenters. The predicted octanol–water partition coefficient (Wildman–Crippen LogP) is 3.20. The van der Waals surface area contributed by atoms with Gasteiger partial charge in [0.2, 0.25) is 21.8 Å². The summed E-state index contributed by atoms with van der Waals surface area (Å²) >= 11 is 0. The number of amides is 2. The lowest BCUT2D eigenvalue weighted by atomic mass is 10.1. The summed E-state index contributed by atoms with van der Waals surface area (Å²) < 4.78 is 27.3. The van der Waals surface area contributed by atoms with Crippen molar-refractivity contribution in [2.75, 3.05) is 23.8 Å². The standard InChI is InChI=1S/C24H29N3O4S/c1-4-17-7-5-6-8-21(17)25-23(28)15-26(3)32(30,31)20-11-12-22-19(14-20)13-16(2)27(22)24(29)18-9-10-18/h5-8,11-12,14,16,18H,4,9-10,13,15H2,1-3H3,(H,25,28)/t16-/m0/s1. The number of carbonyl (C=O) groups excluding carboxylic acids is 2. The Morgan fingerprint density at radius 3 is 2.56 bits per heavy atom. The Morgan fingerprint density at radius 1 is 1.16 bits per heavy atom. The van der Waals surface area contributed by atoms with Gasteiger partial charge in [-0.3, -0.25) is 9.59 Å². The third kappa shape index (κ3) is 4.29. The molecule has 2 aromatic rings. The van der Waals surface area contributed by atoms with Gasteiger partial charge in [-0.05, 0) is 68.0 Å². The van der Waals surface area contributed by atoms with Gasteiger partial charge in [0, 0.05) is 30.4 Å². The fraction of sp³-hybridized carbons (Fsp3) is 0.417. The fourth-order valence-corrected chi connectivity index (χ4v) is 5.42. The maximum Gasteiger partial charge on any atom is 0.243 e. The summed E-state index contributed by atoms with van der Waals surface area (Å²) in [5.41, 5.74) is 3.33. The minimum atomic E-state index is -3.85. The lowest BCUT2D eigenvalue weighted by Crippen LogP contribution is -2.36. The van der Waals surface area contributed by atoms with Gasteiger partial charge in [-0.25, -0.2) is 8.42 Å². The summed E-state index contributed by atoms with van der Waals surface area (Å²) in [6, 6.07) is 12.4. The van der Waals surface area contributed by atoms with Crippen molar-refractivity contribution in [3.05, 3.63) is 53.6 Å². The molecule has 32 heavy (non-hydrogen) atoms. The third-order valence-electron chi connectivity index (χ3n) is 6.18. The van der Waals surface area contributed by atoms with E-state index in [1.165, 1.54) is 13.1 Å². The Hall–Kier alpha value is -2.71. The Morgan fingerprint density at radius 2 is 1.88 bits per heavy atom. The molecule has 0 aromatic heterocycles. The average molecular weight is 456 g/mol. The summed E-state index contributed by atoms with van der Waals surface area (Å²) in [5.74, 6) is -0.157. The number of aryl methyl sites for hydroxylation is 1. The number of sulfonamides is 1. The van der Waals surface area contributed by atoms with E-state index in [0.29, 0.717) is 12.1 Å². The van der Waals surface area contributed by atoms with Crippen LogP contribution < -0.4 is 10.2 Å². The van der Waals surface area contributed by atoms with Crippen LogP contribution in [0.5, 0.6) is 0 Å². The van der Waals surface area contributed by atoms with Crippen molar-refractivity contribution in [2.45, 2.75) is 50.5 Å². The molecule has 1 saturated carbocycles. The first-order chi connectivity index (χ1) is 15.2. The van der Waals surface area contributed by atoms with Crippen LogP contribution in [0.2, 0.25) is 0 Å². The summed E-state index contributed by atoms with van der Waals surface area (Å²) in [6.45, 7) is 3.69. The fourth-order valence-electron chi connectivity index (χ4n) is 4.24. The number of carbonyl (C=O) groups is 2. The van der Waals surface area contributed by atoms with E-state index in [0.717, 1.165) is 40.4 Å². The van der Waals surface area contributed by atoms with Gasteiger partial charge in [0.25, 0.3) is 0 Å². The zero-order valence-electron chi connectivity index (χ0n) is 18.7. The van der Waals surface area contributed by atoms with Gasteiger partial charge in [-0.2, -0.15) is 4.31 Å². The molecule has 170 valence electrons. The van der Waals surface area contributed by atoms with Gasteiger partial charge in [-0.1, -0.05) is 25.1 Å². The lowest BCUT2D eigenvalue weighted by molar-refractivity contribution is -0.120. The summed E-state index contributed by atoms with van der Waals surface area (Å²) in [4.78, 5) is 27.1. The highest BCUT2D eigenvalue weighted by molar-refractivity contribution is 7.89. The number of benzene rings is 2. The number of nitrogens with zero attached hydrogens (tertiary/aromatic N) is 2. The SMILES string of the molecule is CCc1ccccc1NC(=O)CN(C)S(=O)(=O)c1ccc2c(c1)C[C@H](C)N2C(=O)C1CC1. The number of hydrogen-bond donors (Lipinski definition) is 1. The molecule has 1 fully saturated rings. The van der Waals surface area contributed by atoms with E-state index in [4.69, 9.17) is 0 Å². The van der Waals surface area contributed by atoms with E-state index in [-0.39, 0.29) is 29.3 Å². The summed E-state index contributed by atoms with van der Waals surface area (Å²) in [6.07, 6.45) is 3.24. The van der Waals surface area contributed by atoms with Gasteiger partial charge in [0.05, 0.1) is 11.4 Å². The Balaban J connectivity index is 1.49. The number of hydrogen-bond acceptors (Lipinski definition) is 4. The molecule has 8 heteroatoms. The molecule has 1 atom stereocenters. The minimum absolute atomic E-state index is 0.0122. The molecule has 2 aromatic carbocycles. The topological polar surface area (TPSA) is 86.8 Å². The predicted molar refractivity (Wildman–Crippen MR) is 124 cm³/mol. The molecule has 0 bridgehead atoms. The van der Waals surface area contributed by atoms with Gasteiger partial charge in [-0.15, -0.1) is 0 Å². The zero-order valence-corrected chi connectivity index (χ0v) is 19.5. The van der Waals surface area contributed by atoms with Crippen molar-refractivity contribution >= 4 is 33.2 Å². The molecule has 2 amide bonds. The van der Waals surface area contributed by atoms with Crippen molar-refractivity contribution in [1.82, 2.24) is 4.31 Å². The monoisotopic (exact) mass is 455 g/mol. The van der Waals surface area contributed by atoms with Crippen molar-refractivity contribution in [3.8, 4) is 0 Å². The van der Waals surface area contributed by atoms with Crippen LogP contribution in [0.15, 0.2) is 47.4 Å². The van der Waals surface area contributed by atoms with Crippen molar-refractivity contribution in [2.24, 2.45) is 5.92 Å². The molecular formula is C24H29N3O4S. The van der Waals surface area contributed by atoms with Crippen LogP contribution >= 0.6 is 0 Å². The molecule has 0 saturated heterocycles. The van der Waals surface area contributed by atoms with E-state index in [1.807, 2.05) is 43.0 Å². The Bertz CT molecular complexity index is 1160. The molecule has 0 spiro atoms. The molecule has 7 nitrogen and oxygen atoms in total. The number of rotatable bonds is 7. The van der Waals surface area contributed by atoms with Crippen LogP contribution in [0.3, 0.4) is 0 Å². The molecule has 1 aliphatic heterocycles. The van der Waals surface area contributed by atoms with Crippen LogP contribution in [-0.2, 0) is 32.5 Å². The molecule has 1 heterocycles. The van der Waals surface area contributed by atoms with E-state index in [9.17, 15) is 18.0 Å². The third-order valence-corrected chi connectivity index (χ3v) is 7.98. The molecule has 1 aliphatic carbocycles. The van der Waals surface area contributed by atoms with E-state index < -0.39 is 15.9 Å². The van der Waals surface area contributed by atoms with Gasteiger partial charge in [0.15, 0.2) is 0 Å². The normalized spacial score (nSPS) is 18.0. The number of likely N-dealkylation sites (N-methyl/N-ethyl adjacent to an activating group) is 1. The Labute approximate surface area is 189 Å². The van der Waals surface area contributed by atoms with Crippen LogP contribution in [0.1, 0.15) is 37.8 Å². The first-order valence-corrected chi connectivity index (χ1v) is 12.5. The van der Waals surface area contributed by atoms with Crippen molar-refractivity contribution in [3.63, 3.8) is 0 Å². The van der Waals surface area contributed by atoms with Crippen LogP contribution in [-0.4, -0.2) is 44.2 Å². The zero-order chi connectivity index (χ0) is 23.0. The maximum atomic E-state index is 13.1. The van der Waals surface area contributed by atoms with Gasteiger partial charge < -0.3 is 10.2 Å². The highest BCUT2D eigenvalue weighted by Gasteiger charge is 2.40. The largest absolute Gasteiger partial charge is 0.325 e.